The summed E-state index contributed by atoms with van der Waals surface area (Å²) in [4.78, 5) is 29.0. The molecule has 2 N–H and O–H groups in total. The molecular formula is C20H17N5O4S. The minimum Gasteiger partial charge on any atom is -0.596 e. The predicted molar refractivity (Wildman–Crippen MR) is 112 cm³/mol. The third-order valence-corrected chi connectivity index (χ3v) is 5.48. The molecule has 30 heavy (non-hydrogen) atoms. The first-order valence-corrected chi connectivity index (χ1v) is 9.93. The van der Waals surface area contributed by atoms with Gasteiger partial charge in [-0.05, 0) is 36.6 Å². The third kappa shape index (κ3) is 3.43. The van der Waals surface area contributed by atoms with E-state index in [-0.39, 0.29) is 12.3 Å². The fourth-order valence-electron chi connectivity index (χ4n) is 3.03. The lowest BCUT2D eigenvalue weighted by Gasteiger charge is -2.34. The summed E-state index contributed by atoms with van der Waals surface area (Å²) in [6.07, 6.45) is 1.53. The number of nitrogens with zero attached hydrogens (tertiary/aromatic N) is 4. The van der Waals surface area contributed by atoms with Crippen LogP contribution in [0.1, 0.15) is 22.2 Å². The van der Waals surface area contributed by atoms with Crippen LogP contribution in [0.25, 0.3) is 16.9 Å². The van der Waals surface area contributed by atoms with Gasteiger partial charge in [0, 0.05) is 11.8 Å². The van der Waals surface area contributed by atoms with E-state index in [9.17, 15) is 19.9 Å². The zero-order chi connectivity index (χ0) is 21.3. The van der Waals surface area contributed by atoms with Crippen LogP contribution in [-0.2, 0) is 0 Å². The Balaban J connectivity index is 1.74. The van der Waals surface area contributed by atoms with Gasteiger partial charge in [-0.3, -0.25) is 4.79 Å². The molecule has 1 aromatic carbocycles. The highest BCUT2D eigenvalue weighted by molar-refractivity contribution is 7.12. The molecule has 10 heteroatoms. The SMILES string of the molecule is CC[N+]([O-])(Nc1cccc(-c2ccnc3c(C(=O)c4cccs4)cnn23)c1)C(=O)O. The van der Waals surface area contributed by atoms with Crippen molar-refractivity contribution >= 4 is 34.5 Å². The van der Waals surface area contributed by atoms with E-state index in [0.717, 1.165) is 0 Å². The molecule has 0 saturated heterocycles. The topological polar surface area (TPSA) is 120 Å². The van der Waals surface area contributed by atoms with E-state index < -0.39 is 10.8 Å². The van der Waals surface area contributed by atoms with Crippen LogP contribution >= 0.6 is 11.3 Å². The number of anilines is 1. The number of amides is 1. The van der Waals surface area contributed by atoms with Crippen LogP contribution in [0, 0.1) is 5.21 Å². The van der Waals surface area contributed by atoms with Crippen molar-refractivity contribution in [2.24, 2.45) is 0 Å². The molecule has 0 aliphatic rings. The number of carbonyl (C=O) groups is 2. The monoisotopic (exact) mass is 423 g/mol. The van der Waals surface area contributed by atoms with Crippen molar-refractivity contribution in [2.45, 2.75) is 6.92 Å². The van der Waals surface area contributed by atoms with E-state index in [4.69, 9.17) is 0 Å². The van der Waals surface area contributed by atoms with Crippen molar-refractivity contribution in [3.63, 3.8) is 0 Å². The fraction of sp³-hybridized carbons (Fsp3) is 0.100. The second-order valence-electron chi connectivity index (χ2n) is 6.46. The smallest absolute Gasteiger partial charge is 0.539 e. The van der Waals surface area contributed by atoms with Gasteiger partial charge in [0.2, 0.25) is 5.78 Å². The molecule has 0 saturated carbocycles. The van der Waals surface area contributed by atoms with Crippen LogP contribution in [0.2, 0.25) is 0 Å². The summed E-state index contributed by atoms with van der Waals surface area (Å²) in [7, 11) is 0. The van der Waals surface area contributed by atoms with Gasteiger partial charge in [0.1, 0.15) is 6.54 Å². The Bertz CT molecular complexity index is 1240. The van der Waals surface area contributed by atoms with Crippen molar-refractivity contribution < 1.29 is 19.5 Å². The molecule has 0 aliphatic carbocycles. The summed E-state index contributed by atoms with van der Waals surface area (Å²) in [6, 6.07) is 12.1. The Morgan fingerprint density at radius 1 is 1.27 bits per heavy atom. The summed E-state index contributed by atoms with van der Waals surface area (Å²) < 4.78 is -0.0489. The number of carboxylic acid groups (broad SMARTS) is 1. The maximum atomic E-state index is 12.8. The van der Waals surface area contributed by atoms with Crippen molar-refractivity contribution in [1.82, 2.24) is 14.6 Å². The van der Waals surface area contributed by atoms with Gasteiger partial charge < -0.3 is 10.3 Å². The summed E-state index contributed by atoms with van der Waals surface area (Å²) in [5.41, 5.74) is 4.96. The molecule has 4 aromatic rings. The molecule has 0 radical (unpaired) electrons. The van der Waals surface area contributed by atoms with Crippen molar-refractivity contribution in [3.8, 4) is 11.3 Å². The zero-order valence-corrected chi connectivity index (χ0v) is 16.7. The molecule has 9 nitrogen and oxygen atoms in total. The fourth-order valence-corrected chi connectivity index (χ4v) is 3.71. The first-order valence-electron chi connectivity index (χ1n) is 9.05. The molecule has 4 rings (SSSR count). The first-order chi connectivity index (χ1) is 14.4. The van der Waals surface area contributed by atoms with Gasteiger partial charge in [-0.25, -0.2) is 14.9 Å². The molecule has 0 aliphatic heterocycles. The van der Waals surface area contributed by atoms with Gasteiger partial charge >= 0.3 is 6.09 Å². The van der Waals surface area contributed by atoms with Crippen LogP contribution in [0.4, 0.5) is 10.5 Å². The molecule has 152 valence electrons. The quantitative estimate of drug-likeness (QED) is 0.273. The molecule has 3 heterocycles. The number of fused-ring (bicyclic) bond motifs is 1. The number of hydroxylamine groups is 2. The predicted octanol–water partition coefficient (Wildman–Crippen LogP) is 4.03. The van der Waals surface area contributed by atoms with Crippen LogP contribution in [0.3, 0.4) is 0 Å². The Morgan fingerprint density at radius 3 is 2.80 bits per heavy atom. The molecule has 1 amide bonds. The van der Waals surface area contributed by atoms with Crippen molar-refractivity contribution in [1.29, 1.82) is 0 Å². The second kappa shape index (κ2) is 7.67. The zero-order valence-electron chi connectivity index (χ0n) is 15.8. The molecular weight excluding hydrogens is 406 g/mol. The van der Waals surface area contributed by atoms with Gasteiger partial charge in [0.15, 0.2) is 5.65 Å². The molecule has 0 spiro atoms. The maximum absolute atomic E-state index is 12.8. The van der Waals surface area contributed by atoms with Crippen LogP contribution in [0.5, 0.6) is 0 Å². The minimum absolute atomic E-state index is 0.155. The number of benzene rings is 1. The molecule has 1 unspecified atom stereocenters. The van der Waals surface area contributed by atoms with E-state index in [2.05, 4.69) is 15.5 Å². The van der Waals surface area contributed by atoms with E-state index in [1.807, 2.05) is 11.4 Å². The largest absolute Gasteiger partial charge is 0.596 e. The van der Waals surface area contributed by atoms with Crippen molar-refractivity contribution in [3.05, 3.63) is 75.9 Å². The molecule has 1 atom stereocenters. The number of thiophene rings is 1. The minimum atomic E-state index is -1.60. The summed E-state index contributed by atoms with van der Waals surface area (Å²) >= 11 is 1.35. The lowest BCUT2D eigenvalue weighted by Crippen LogP contribution is -2.51. The number of hydrogen-bond acceptors (Lipinski definition) is 7. The number of aromatic nitrogens is 3. The van der Waals surface area contributed by atoms with Crippen LogP contribution in [-0.4, -0.2) is 42.9 Å². The summed E-state index contributed by atoms with van der Waals surface area (Å²) in [5.74, 6) is -0.155. The number of quaternary nitrogens is 1. The summed E-state index contributed by atoms with van der Waals surface area (Å²) in [6.45, 7) is 1.30. The highest BCUT2D eigenvalue weighted by Gasteiger charge is 2.26. The second-order valence-corrected chi connectivity index (χ2v) is 7.41. The average molecular weight is 423 g/mol. The van der Waals surface area contributed by atoms with Gasteiger partial charge in [0.25, 0.3) is 0 Å². The van der Waals surface area contributed by atoms with Gasteiger partial charge in [-0.2, -0.15) is 14.6 Å². The molecule has 3 aromatic heterocycles. The van der Waals surface area contributed by atoms with Gasteiger partial charge in [0.05, 0.1) is 28.0 Å². The Labute approximate surface area is 175 Å². The van der Waals surface area contributed by atoms with Gasteiger partial charge in [-0.15, -0.1) is 11.3 Å². The van der Waals surface area contributed by atoms with E-state index in [0.29, 0.717) is 33.0 Å². The first kappa shape index (κ1) is 19.7. The average Bonchev–Trinajstić information content (AvgIpc) is 3.43. The van der Waals surface area contributed by atoms with Crippen LogP contribution < -0.4 is 5.43 Å². The number of ketones is 1. The third-order valence-electron chi connectivity index (χ3n) is 4.61. The number of hydrogen-bond donors (Lipinski definition) is 2. The maximum Gasteiger partial charge on any atom is 0.539 e. The number of nitrogens with one attached hydrogen (secondary N) is 1. The standard InChI is InChI=1S/C20H17N5O4S/c1-2-25(29,20(27)28)23-14-6-3-5-13(11-14)16-8-9-21-19-15(12-22-24(16)19)18(26)17-7-4-10-30-17/h3-12,23H,2H2,1H3,(H,27,28). The van der Waals surface area contributed by atoms with Crippen LogP contribution in [0.15, 0.2) is 60.2 Å². The van der Waals surface area contributed by atoms with E-state index in [1.54, 1.807) is 47.1 Å². The molecule has 0 fully saturated rings. The highest BCUT2D eigenvalue weighted by Crippen LogP contribution is 2.26. The lowest BCUT2D eigenvalue weighted by atomic mass is 10.1. The normalized spacial score (nSPS) is 13.1. The lowest BCUT2D eigenvalue weighted by molar-refractivity contribution is -0.781. The summed E-state index contributed by atoms with van der Waals surface area (Å²) in [5, 5.41) is 27.7. The Kier molecular flexibility index (Phi) is 5.04. The highest BCUT2D eigenvalue weighted by atomic mass is 32.1. The van der Waals surface area contributed by atoms with E-state index >= 15 is 0 Å². The van der Waals surface area contributed by atoms with E-state index in [1.165, 1.54) is 24.5 Å². The van der Waals surface area contributed by atoms with Crippen molar-refractivity contribution in [2.75, 3.05) is 12.0 Å². The molecule has 0 bridgehead atoms. The number of carbonyl (C=O) groups excluding carboxylic acids is 1. The Hall–Kier alpha value is -3.60. The van der Waals surface area contributed by atoms with Gasteiger partial charge in [-0.1, -0.05) is 18.2 Å². The Morgan fingerprint density at radius 2 is 2.10 bits per heavy atom. The number of rotatable bonds is 6.